The molecule has 29 heavy (non-hydrogen) atoms. The predicted octanol–water partition coefficient (Wildman–Crippen LogP) is 3.31. The second kappa shape index (κ2) is 9.89. The molecule has 1 aliphatic rings. The zero-order valence-corrected chi connectivity index (χ0v) is 17.5. The molecule has 0 saturated carbocycles. The van der Waals surface area contributed by atoms with Crippen LogP contribution in [-0.2, 0) is 21.2 Å². The molecule has 1 amide bonds. The van der Waals surface area contributed by atoms with Crippen LogP contribution in [-0.4, -0.2) is 44.6 Å². The lowest BCUT2D eigenvalue weighted by Crippen LogP contribution is -2.44. The molecule has 0 radical (unpaired) electrons. The lowest BCUT2D eigenvalue weighted by Gasteiger charge is -2.31. The second-order valence-electron chi connectivity index (χ2n) is 7.32. The molecule has 2 aromatic carbocycles. The molecule has 156 valence electrons. The summed E-state index contributed by atoms with van der Waals surface area (Å²) in [4.78, 5) is 12.7. The highest BCUT2D eigenvalue weighted by Crippen LogP contribution is 2.23. The molecule has 1 saturated heterocycles. The van der Waals surface area contributed by atoms with Gasteiger partial charge in [0.25, 0.3) is 0 Å². The predicted molar refractivity (Wildman–Crippen MR) is 114 cm³/mol. The molecule has 0 unspecified atom stereocenters. The van der Waals surface area contributed by atoms with Crippen LogP contribution in [0.5, 0.6) is 5.75 Å². The third-order valence-corrected chi connectivity index (χ3v) is 7.12. The van der Waals surface area contributed by atoms with Crippen molar-refractivity contribution < 1.29 is 17.9 Å². The third kappa shape index (κ3) is 6.05. The van der Waals surface area contributed by atoms with Gasteiger partial charge in [-0.3, -0.25) is 4.79 Å². The minimum Gasteiger partial charge on any atom is -0.497 e. The maximum atomic E-state index is 12.8. The standard InChI is InChI=1S/C22H28N2O4S/c1-28-21-13-5-12-20(16-21)23-22(25)19-11-6-14-24(17-19)29(26,27)15-7-10-18-8-3-2-4-9-18/h2-5,8-9,12-13,16,19H,6-7,10-11,14-15,17H2,1H3,(H,23,25)/t19-/m0/s1. The molecule has 1 heterocycles. The highest BCUT2D eigenvalue weighted by Gasteiger charge is 2.32. The van der Waals surface area contributed by atoms with Crippen LogP contribution in [0, 0.1) is 5.92 Å². The minimum absolute atomic E-state index is 0.103. The van der Waals surface area contributed by atoms with E-state index in [9.17, 15) is 13.2 Å². The van der Waals surface area contributed by atoms with E-state index < -0.39 is 10.0 Å². The van der Waals surface area contributed by atoms with Gasteiger partial charge in [-0.2, -0.15) is 0 Å². The molecule has 0 spiro atoms. The number of amides is 1. The highest BCUT2D eigenvalue weighted by atomic mass is 32.2. The van der Waals surface area contributed by atoms with E-state index in [1.807, 2.05) is 30.3 Å². The topological polar surface area (TPSA) is 75.7 Å². The van der Waals surface area contributed by atoms with Crippen molar-refractivity contribution in [1.29, 1.82) is 0 Å². The summed E-state index contributed by atoms with van der Waals surface area (Å²) in [5.74, 6) is 0.266. The van der Waals surface area contributed by atoms with E-state index in [0.29, 0.717) is 37.2 Å². The number of piperidine rings is 1. The molecule has 1 fully saturated rings. The number of hydrogen-bond donors (Lipinski definition) is 1. The van der Waals surface area contributed by atoms with Gasteiger partial charge in [0.05, 0.1) is 18.8 Å². The molecule has 2 aromatic rings. The van der Waals surface area contributed by atoms with Gasteiger partial charge in [0.1, 0.15) is 5.75 Å². The number of rotatable bonds is 8. The van der Waals surface area contributed by atoms with Crippen LogP contribution in [0.4, 0.5) is 5.69 Å². The first-order valence-electron chi connectivity index (χ1n) is 9.94. The third-order valence-electron chi connectivity index (χ3n) is 5.20. The van der Waals surface area contributed by atoms with Crippen molar-refractivity contribution in [3.05, 3.63) is 60.2 Å². The van der Waals surface area contributed by atoms with Crippen LogP contribution >= 0.6 is 0 Å². The maximum absolute atomic E-state index is 12.8. The molecular formula is C22H28N2O4S. The Morgan fingerprint density at radius 3 is 2.72 bits per heavy atom. The van der Waals surface area contributed by atoms with Gasteiger partial charge in [-0.15, -0.1) is 0 Å². The fraction of sp³-hybridized carbons (Fsp3) is 0.409. The molecule has 1 atom stereocenters. The molecule has 0 aliphatic carbocycles. The van der Waals surface area contributed by atoms with Crippen LogP contribution < -0.4 is 10.1 Å². The number of sulfonamides is 1. The molecule has 7 heteroatoms. The Morgan fingerprint density at radius 1 is 1.17 bits per heavy atom. The molecule has 0 aromatic heterocycles. The van der Waals surface area contributed by atoms with E-state index in [1.165, 1.54) is 4.31 Å². The zero-order valence-electron chi connectivity index (χ0n) is 16.7. The van der Waals surface area contributed by atoms with Crippen molar-refractivity contribution in [2.75, 3.05) is 31.3 Å². The first-order valence-corrected chi connectivity index (χ1v) is 11.6. The summed E-state index contributed by atoms with van der Waals surface area (Å²) >= 11 is 0. The Morgan fingerprint density at radius 2 is 1.97 bits per heavy atom. The fourth-order valence-corrected chi connectivity index (χ4v) is 5.17. The molecule has 3 rings (SSSR count). The van der Waals surface area contributed by atoms with Crippen LogP contribution in [0.15, 0.2) is 54.6 Å². The summed E-state index contributed by atoms with van der Waals surface area (Å²) < 4.78 is 32.2. The number of carbonyl (C=O) groups is 1. The Bertz CT molecular complexity index is 915. The van der Waals surface area contributed by atoms with E-state index in [2.05, 4.69) is 5.32 Å². The Kier molecular flexibility index (Phi) is 7.28. The van der Waals surface area contributed by atoms with Crippen molar-refractivity contribution in [3.63, 3.8) is 0 Å². The smallest absolute Gasteiger partial charge is 0.228 e. The average molecular weight is 417 g/mol. The fourth-order valence-electron chi connectivity index (χ4n) is 3.59. The minimum atomic E-state index is -3.37. The first kappa shape index (κ1) is 21.3. The normalized spacial score (nSPS) is 17.6. The van der Waals surface area contributed by atoms with Crippen molar-refractivity contribution >= 4 is 21.6 Å². The summed E-state index contributed by atoms with van der Waals surface area (Å²) in [7, 11) is -1.80. The Hall–Kier alpha value is -2.38. The van der Waals surface area contributed by atoms with Crippen molar-refractivity contribution in [2.45, 2.75) is 25.7 Å². The van der Waals surface area contributed by atoms with Gasteiger partial charge in [0, 0.05) is 24.8 Å². The number of hydrogen-bond acceptors (Lipinski definition) is 4. The van der Waals surface area contributed by atoms with Gasteiger partial charge in [-0.1, -0.05) is 36.4 Å². The monoisotopic (exact) mass is 416 g/mol. The number of benzene rings is 2. The quantitative estimate of drug-likeness (QED) is 0.716. The maximum Gasteiger partial charge on any atom is 0.228 e. The number of ether oxygens (including phenoxy) is 1. The van der Waals surface area contributed by atoms with Gasteiger partial charge in [0.15, 0.2) is 0 Å². The summed E-state index contributed by atoms with van der Waals surface area (Å²) in [6.45, 7) is 0.722. The van der Waals surface area contributed by atoms with Crippen molar-refractivity contribution in [2.24, 2.45) is 5.92 Å². The Labute approximate surface area is 172 Å². The van der Waals surface area contributed by atoms with Gasteiger partial charge in [-0.25, -0.2) is 12.7 Å². The molecular weight excluding hydrogens is 388 g/mol. The molecule has 1 aliphatic heterocycles. The van der Waals surface area contributed by atoms with E-state index in [-0.39, 0.29) is 24.1 Å². The number of aryl methyl sites for hydroxylation is 1. The molecule has 0 bridgehead atoms. The van der Waals surface area contributed by atoms with Gasteiger partial charge < -0.3 is 10.1 Å². The molecule has 6 nitrogen and oxygen atoms in total. The summed E-state index contributed by atoms with van der Waals surface area (Å²) in [5, 5.41) is 2.88. The lowest BCUT2D eigenvalue weighted by atomic mass is 9.98. The van der Waals surface area contributed by atoms with Gasteiger partial charge >= 0.3 is 0 Å². The summed E-state index contributed by atoms with van der Waals surface area (Å²) in [6, 6.07) is 17.0. The highest BCUT2D eigenvalue weighted by molar-refractivity contribution is 7.89. The van der Waals surface area contributed by atoms with E-state index in [1.54, 1.807) is 31.4 Å². The summed E-state index contributed by atoms with van der Waals surface area (Å²) in [5.41, 5.74) is 1.79. The van der Waals surface area contributed by atoms with Crippen LogP contribution in [0.3, 0.4) is 0 Å². The Balaban J connectivity index is 1.55. The second-order valence-corrected chi connectivity index (χ2v) is 9.41. The first-order chi connectivity index (χ1) is 14.0. The number of methoxy groups -OCH3 is 1. The largest absolute Gasteiger partial charge is 0.497 e. The van der Waals surface area contributed by atoms with E-state index in [4.69, 9.17) is 4.74 Å². The number of nitrogens with zero attached hydrogens (tertiary/aromatic N) is 1. The summed E-state index contributed by atoms with van der Waals surface area (Å²) in [6.07, 6.45) is 2.68. The SMILES string of the molecule is COc1cccc(NC(=O)[C@H]2CCCN(S(=O)(=O)CCCc3ccccc3)C2)c1. The number of carbonyl (C=O) groups excluding carboxylic acids is 1. The van der Waals surface area contributed by atoms with Crippen molar-refractivity contribution in [1.82, 2.24) is 4.31 Å². The number of nitrogens with one attached hydrogen (secondary N) is 1. The molecule has 1 N–H and O–H groups in total. The van der Waals surface area contributed by atoms with Gasteiger partial charge in [0.2, 0.25) is 15.9 Å². The zero-order chi connectivity index (χ0) is 20.7. The van der Waals surface area contributed by atoms with Crippen LogP contribution in [0.2, 0.25) is 0 Å². The van der Waals surface area contributed by atoms with E-state index in [0.717, 1.165) is 12.0 Å². The van der Waals surface area contributed by atoms with Crippen LogP contribution in [0.1, 0.15) is 24.8 Å². The van der Waals surface area contributed by atoms with Crippen molar-refractivity contribution in [3.8, 4) is 5.75 Å². The lowest BCUT2D eigenvalue weighted by molar-refractivity contribution is -0.120. The number of anilines is 1. The average Bonchev–Trinajstić information content (AvgIpc) is 2.74. The van der Waals surface area contributed by atoms with Gasteiger partial charge in [-0.05, 0) is 43.4 Å². The van der Waals surface area contributed by atoms with E-state index >= 15 is 0 Å². The van der Waals surface area contributed by atoms with Crippen LogP contribution in [0.25, 0.3) is 0 Å².